The quantitative estimate of drug-likeness (QED) is 0.587. The van der Waals surface area contributed by atoms with Crippen molar-refractivity contribution in [2.75, 3.05) is 13.7 Å². The summed E-state index contributed by atoms with van der Waals surface area (Å²) < 4.78 is 4.62. The molecule has 0 heterocycles. The zero-order valence-electron chi connectivity index (χ0n) is 13.4. The molecule has 0 spiro atoms. The molecule has 0 aliphatic heterocycles. The van der Waals surface area contributed by atoms with Crippen molar-refractivity contribution in [1.82, 2.24) is 10.6 Å². The summed E-state index contributed by atoms with van der Waals surface area (Å²) in [5, 5.41) is 14.3. The molecule has 0 rings (SSSR count). The van der Waals surface area contributed by atoms with E-state index in [2.05, 4.69) is 15.4 Å². The minimum absolute atomic E-state index is 0.00710. The van der Waals surface area contributed by atoms with Crippen molar-refractivity contribution in [2.45, 2.75) is 46.6 Å². The number of methoxy groups -OCH3 is 1. The van der Waals surface area contributed by atoms with Crippen LogP contribution in [0.25, 0.3) is 0 Å². The van der Waals surface area contributed by atoms with Gasteiger partial charge in [0.05, 0.1) is 12.5 Å². The SMILES string of the molecule is CCC(CC)(CNC(=O)NC(C(=O)OC)C(C)C)C(=O)O. The van der Waals surface area contributed by atoms with Gasteiger partial charge >= 0.3 is 18.0 Å². The number of urea groups is 1. The zero-order valence-corrected chi connectivity index (χ0v) is 13.4. The van der Waals surface area contributed by atoms with Crippen LogP contribution in [0.15, 0.2) is 0 Å². The molecule has 0 fully saturated rings. The second-order valence-electron chi connectivity index (χ2n) is 5.36. The van der Waals surface area contributed by atoms with Gasteiger partial charge < -0.3 is 20.5 Å². The maximum atomic E-state index is 11.9. The number of hydrogen-bond donors (Lipinski definition) is 3. The number of rotatable bonds is 8. The molecule has 1 atom stereocenters. The Morgan fingerprint density at radius 1 is 1.19 bits per heavy atom. The van der Waals surface area contributed by atoms with E-state index >= 15 is 0 Å². The molecule has 2 amide bonds. The summed E-state index contributed by atoms with van der Waals surface area (Å²) in [5.74, 6) is -1.61. The van der Waals surface area contributed by atoms with Crippen LogP contribution in [0.5, 0.6) is 0 Å². The normalized spacial score (nSPS) is 12.7. The van der Waals surface area contributed by atoms with Crippen LogP contribution in [0, 0.1) is 11.3 Å². The van der Waals surface area contributed by atoms with Crippen molar-refractivity contribution in [3.63, 3.8) is 0 Å². The summed E-state index contributed by atoms with van der Waals surface area (Å²) >= 11 is 0. The van der Waals surface area contributed by atoms with Crippen molar-refractivity contribution in [2.24, 2.45) is 11.3 Å². The number of hydrogen-bond acceptors (Lipinski definition) is 4. The Kier molecular flexibility index (Phi) is 7.76. The zero-order chi connectivity index (χ0) is 16.6. The van der Waals surface area contributed by atoms with E-state index in [0.717, 1.165) is 0 Å². The van der Waals surface area contributed by atoms with Gasteiger partial charge in [-0.05, 0) is 18.8 Å². The van der Waals surface area contributed by atoms with Gasteiger partial charge in [-0.25, -0.2) is 9.59 Å². The van der Waals surface area contributed by atoms with E-state index in [-0.39, 0.29) is 12.5 Å². The van der Waals surface area contributed by atoms with Crippen molar-refractivity contribution in [1.29, 1.82) is 0 Å². The van der Waals surface area contributed by atoms with Crippen molar-refractivity contribution in [3.8, 4) is 0 Å². The van der Waals surface area contributed by atoms with Crippen molar-refractivity contribution in [3.05, 3.63) is 0 Å². The van der Waals surface area contributed by atoms with E-state index in [0.29, 0.717) is 12.8 Å². The summed E-state index contributed by atoms with van der Waals surface area (Å²) in [5.41, 5.74) is -0.990. The molecular formula is C14H26N2O5. The van der Waals surface area contributed by atoms with Crippen molar-refractivity contribution >= 4 is 18.0 Å². The monoisotopic (exact) mass is 302 g/mol. The molecule has 21 heavy (non-hydrogen) atoms. The minimum Gasteiger partial charge on any atom is -0.481 e. The van der Waals surface area contributed by atoms with Crippen LogP contribution in [-0.4, -0.2) is 42.8 Å². The Labute approximate surface area is 125 Å². The standard InChI is InChI=1S/C14H26N2O5/c1-6-14(7-2,12(18)19)8-15-13(20)16-10(9(3)4)11(17)21-5/h9-10H,6-8H2,1-5H3,(H,18,19)(H2,15,16,20). The number of carboxylic acid groups (broad SMARTS) is 1. The van der Waals surface area contributed by atoms with E-state index in [1.807, 2.05) is 0 Å². The van der Waals surface area contributed by atoms with Gasteiger partial charge in [-0.3, -0.25) is 4.79 Å². The van der Waals surface area contributed by atoms with Crippen LogP contribution >= 0.6 is 0 Å². The Morgan fingerprint density at radius 2 is 1.71 bits per heavy atom. The predicted molar refractivity (Wildman–Crippen MR) is 77.8 cm³/mol. The van der Waals surface area contributed by atoms with Gasteiger partial charge in [-0.15, -0.1) is 0 Å². The molecule has 3 N–H and O–H groups in total. The molecule has 0 aromatic carbocycles. The predicted octanol–water partition coefficient (Wildman–Crippen LogP) is 1.37. The average molecular weight is 302 g/mol. The Bertz CT molecular complexity index is 378. The number of esters is 1. The third-order valence-corrected chi connectivity index (χ3v) is 3.80. The number of ether oxygens (including phenoxy) is 1. The second-order valence-corrected chi connectivity index (χ2v) is 5.36. The lowest BCUT2D eigenvalue weighted by Gasteiger charge is -2.27. The van der Waals surface area contributed by atoms with E-state index in [1.165, 1.54) is 7.11 Å². The highest BCUT2D eigenvalue weighted by Crippen LogP contribution is 2.25. The average Bonchev–Trinajstić information content (AvgIpc) is 2.44. The second kappa shape index (κ2) is 8.49. The number of carboxylic acids is 1. The maximum Gasteiger partial charge on any atom is 0.328 e. The topological polar surface area (TPSA) is 105 Å². The largest absolute Gasteiger partial charge is 0.481 e. The lowest BCUT2D eigenvalue weighted by atomic mass is 9.82. The van der Waals surface area contributed by atoms with Crippen LogP contribution in [0.1, 0.15) is 40.5 Å². The fourth-order valence-corrected chi connectivity index (χ4v) is 1.94. The smallest absolute Gasteiger partial charge is 0.328 e. The lowest BCUT2D eigenvalue weighted by molar-refractivity contribution is -0.149. The highest BCUT2D eigenvalue weighted by atomic mass is 16.5. The molecule has 0 aliphatic carbocycles. The number of amides is 2. The summed E-state index contributed by atoms with van der Waals surface area (Å²) in [6.45, 7) is 7.10. The molecule has 122 valence electrons. The molecule has 0 saturated carbocycles. The maximum absolute atomic E-state index is 11.9. The molecular weight excluding hydrogens is 276 g/mol. The third kappa shape index (κ3) is 5.24. The first-order valence-corrected chi connectivity index (χ1v) is 7.09. The number of nitrogens with one attached hydrogen (secondary N) is 2. The van der Waals surface area contributed by atoms with Gasteiger partial charge in [0.2, 0.25) is 0 Å². The fraction of sp³-hybridized carbons (Fsp3) is 0.786. The first kappa shape index (κ1) is 19.2. The summed E-state index contributed by atoms with van der Waals surface area (Å²) in [7, 11) is 1.25. The van der Waals surface area contributed by atoms with Gasteiger partial charge in [-0.2, -0.15) is 0 Å². The van der Waals surface area contributed by atoms with Crippen LogP contribution < -0.4 is 10.6 Å². The molecule has 0 aromatic rings. The Balaban J connectivity index is 4.69. The fourth-order valence-electron chi connectivity index (χ4n) is 1.94. The highest BCUT2D eigenvalue weighted by Gasteiger charge is 2.35. The Hall–Kier alpha value is -1.79. The Morgan fingerprint density at radius 3 is 2.05 bits per heavy atom. The van der Waals surface area contributed by atoms with E-state index in [1.54, 1.807) is 27.7 Å². The summed E-state index contributed by atoms with van der Waals surface area (Å²) in [6, 6.07) is -1.34. The number of carbonyl (C=O) groups excluding carboxylic acids is 2. The minimum atomic E-state index is -0.990. The van der Waals surface area contributed by atoms with Gasteiger partial charge in [0, 0.05) is 6.54 Å². The van der Waals surface area contributed by atoms with E-state index < -0.39 is 29.4 Å². The summed E-state index contributed by atoms with van der Waals surface area (Å²) in [4.78, 5) is 34.7. The van der Waals surface area contributed by atoms with Crippen molar-refractivity contribution < 1.29 is 24.2 Å². The number of carbonyl (C=O) groups is 3. The molecule has 0 saturated heterocycles. The molecule has 0 bridgehead atoms. The van der Waals surface area contributed by atoms with Crippen LogP contribution in [-0.2, 0) is 14.3 Å². The van der Waals surface area contributed by atoms with E-state index in [9.17, 15) is 19.5 Å². The molecule has 0 aliphatic rings. The molecule has 0 aromatic heterocycles. The van der Waals surface area contributed by atoms with Gasteiger partial charge in [0.25, 0.3) is 0 Å². The molecule has 7 heteroatoms. The molecule has 7 nitrogen and oxygen atoms in total. The van der Waals surface area contributed by atoms with Gasteiger partial charge in [0.15, 0.2) is 0 Å². The highest BCUT2D eigenvalue weighted by molar-refractivity contribution is 5.84. The first-order valence-electron chi connectivity index (χ1n) is 7.09. The summed E-state index contributed by atoms with van der Waals surface area (Å²) in [6.07, 6.45) is 0.813. The third-order valence-electron chi connectivity index (χ3n) is 3.80. The van der Waals surface area contributed by atoms with Crippen LogP contribution in [0.4, 0.5) is 4.79 Å². The van der Waals surface area contributed by atoms with E-state index in [4.69, 9.17) is 0 Å². The number of aliphatic carboxylic acids is 1. The van der Waals surface area contributed by atoms with Gasteiger partial charge in [0.1, 0.15) is 6.04 Å². The molecule has 1 unspecified atom stereocenters. The van der Waals surface area contributed by atoms with Crippen LogP contribution in [0.3, 0.4) is 0 Å². The van der Waals surface area contributed by atoms with Crippen LogP contribution in [0.2, 0.25) is 0 Å². The first-order chi connectivity index (χ1) is 9.73. The molecule has 0 radical (unpaired) electrons. The van der Waals surface area contributed by atoms with Gasteiger partial charge in [-0.1, -0.05) is 27.7 Å². The lowest BCUT2D eigenvalue weighted by Crippen LogP contribution is -2.52.